The fraction of sp³-hybridized carbons (Fsp3) is 0.167. The maximum absolute atomic E-state index is 12.1. The first-order valence-electron chi connectivity index (χ1n) is 5.74. The number of nitrogens with one attached hydrogen (secondary N) is 1. The molecular weight excluding hydrogens is 320 g/mol. The quantitative estimate of drug-likeness (QED) is 0.865. The molecule has 1 aromatic heterocycles. The van der Waals surface area contributed by atoms with Crippen LogP contribution in [0.25, 0.3) is 0 Å². The van der Waals surface area contributed by atoms with Gasteiger partial charge in [0.05, 0.1) is 27.7 Å². The van der Waals surface area contributed by atoms with Crippen molar-refractivity contribution in [2.75, 3.05) is 0 Å². The summed E-state index contributed by atoms with van der Waals surface area (Å²) in [6.07, 6.45) is 0. The summed E-state index contributed by atoms with van der Waals surface area (Å²) in [5.41, 5.74) is 0.270. The number of sulfonamides is 1. The molecule has 7 nitrogen and oxygen atoms in total. The number of nitrogens with zero attached hydrogens (tertiary/aromatic N) is 1. The highest BCUT2D eigenvalue weighted by molar-refractivity contribution is 7.89. The Balaban J connectivity index is 2.19. The molecule has 0 fully saturated rings. The molecule has 2 rings (SSSR count). The van der Waals surface area contributed by atoms with E-state index in [1.807, 2.05) is 0 Å². The number of aromatic nitrogens is 1. The van der Waals surface area contributed by atoms with Crippen LogP contribution < -0.4 is 4.72 Å². The fourth-order valence-corrected chi connectivity index (χ4v) is 2.94. The highest BCUT2D eigenvalue weighted by Gasteiger charge is 2.18. The normalized spacial score (nSPS) is 11.5. The minimum Gasteiger partial charge on any atom is -0.478 e. The van der Waals surface area contributed by atoms with E-state index < -0.39 is 16.0 Å². The van der Waals surface area contributed by atoms with Gasteiger partial charge >= 0.3 is 5.97 Å². The number of hydrogen-bond acceptors (Lipinski definition) is 5. The molecule has 1 aromatic carbocycles. The Morgan fingerprint density at radius 2 is 2.14 bits per heavy atom. The molecule has 0 unspecified atom stereocenters. The number of aryl methyl sites for hydroxylation is 1. The average Bonchev–Trinajstić information content (AvgIpc) is 2.82. The molecule has 0 aliphatic rings. The van der Waals surface area contributed by atoms with Crippen molar-refractivity contribution in [1.82, 2.24) is 9.88 Å². The predicted octanol–water partition coefficient (Wildman–Crippen LogP) is 1.81. The Morgan fingerprint density at radius 1 is 1.43 bits per heavy atom. The van der Waals surface area contributed by atoms with Gasteiger partial charge in [-0.1, -0.05) is 16.8 Å². The molecule has 0 radical (unpaired) electrons. The molecule has 2 aromatic rings. The second-order valence-electron chi connectivity index (χ2n) is 4.20. The van der Waals surface area contributed by atoms with Gasteiger partial charge in [-0.15, -0.1) is 0 Å². The molecule has 0 aliphatic carbocycles. The van der Waals surface area contributed by atoms with Gasteiger partial charge in [0.1, 0.15) is 5.76 Å². The molecule has 0 saturated carbocycles. The lowest BCUT2D eigenvalue weighted by atomic mass is 10.2. The predicted molar refractivity (Wildman–Crippen MR) is 73.7 cm³/mol. The van der Waals surface area contributed by atoms with E-state index in [9.17, 15) is 13.2 Å². The van der Waals surface area contributed by atoms with Crippen LogP contribution in [0, 0.1) is 6.92 Å². The van der Waals surface area contributed by atoms with Gasteiger partial charge in [0.25, 0.3) is 0 Å². The van der Waals surface area contributed by atoms with E-state index in [1.165, 1.54) is 6.07 Å². The van der Waals surface area contributed by atoms with Crippen molar-refractivity contribution in [3.63, 3.8) is 0 Å². The van der Waals surface area contributed by atoms with Crippen LogP contribution >= 0.6 is 11.6 Å². The molecule has 2 N–H and O–H groups in total. The number of hydrogen-bond donors (Lipinski definition) is 2. The van der Waals surface area contributed by atoms with E-state index in [0.717, 1.165) is 12.1 Å². The Labute approximate surface area is 125 Å². The van der Waals surface area contributed by atoms with Gasteiger partial charge < -0.3 is 9.63 Å². The van der Waals surface area contributed by atoms with E-state index in [-0.39, 0.29) is 22.0 Å². The Kier molecular flexibility index (Phi) is 4.31. The van der Waals surface area contributed by atoms with Crippen molar-refractivity contribution in [3.8, 4) is 0 Å². The van der Waals surface area contributed by atoms with Crippen LogP contribution in [-0.2, 0) is 16.6 Å². The summed E-state index contributed by atoms with van der Waals surface area (Å²) in [5, 5.41) is 12.4. The lowest BCUT2D eigenvalue weighted by molar-refractivity contribution is 0.0697. The lowest BCUT2D eigenvalue weighted by Crippen LogP contribution is -2.23. The first kappa shape index (κ1) is 15.5. The number of aromatic carboxylic acids is 1. The Morgan fingerprint density at radius 3 is 2.67 bits per heavy atom. The summed E-state index contributed by atoms with van der Waals surface area (Å²) in [6, 6.07) is 5.00. The summed E-state index contributed by atoms with van der Waals surface area (Å²) in [5.74, 6) is -0.659. The van der Waals surface area contributed by atoms with Crippen molar-refractivity contribution in [1.29, 1.82) is 0 Å². The lowest BCUT2D eigenvalue weighted by Gasteiger charge is -2.06. The molecular formula is C12H11ClN2O5S. The highest BCUT2D eigenvalue weighted by atomic mass is 35.5. The molecule has 1 heterocycles. The second kappa shape index (κ2) is 5.84. The molecule has 0 aliphatic heterocycles. The van der Waals surface area contributed by atoms with Crippen molar-refractivity contribution in [2.24, 2.45) is 0 Å². The molecule has 0 atom stereocenters. The zero-order valence-electron chi connectivity index (χ0n) is 10.8. The average molecular weight is 331 g/mol. The number of benzene rings is 1. The smallest absolute Gasteiger partial charge is 0.337 e. The van der Waals surface area contributed by atoms with Crippen LogP contribution in [0.5, 0.6) is 0 Å². The van der Waals surface area contributed by atoms with Crippen LogP contribution in [0.15, 0.2) is 33.7 Å². The van der Waals surface area contributed by atoms with Crippen molar-refractivity contribution in [3.05, 3.63) is 46.3 Å². The van der Waals surface area contributed by atoms with Gasteiger partial charge in [0, 0.05) is 6.07 Å². The van der Waals surface area contributed by atoms with Gasteiger partial charge in [-0.2, -0.15) is 0 Å². The van der Waals surface area contributed by atoms with Crippen LogP contribution in [-0.4, -0.2) is 24.7 Å². The zero-order chi connectivity index (χ0) is 15.6. The number of carboxylic acid groups (broad SMARTS) is 1. The van der Waals surface area contributed by atoms with Gasteiger partial charge in [-0.3, -0.25) is 0 Å². The zero-order valence-corrected chi connectivity index (χ0v) is 12.4. The van der Waals surface area contributed by atoms with Gasteiger partial charge in [0.15, 0.2) is 0 Å². The van der Waals surface area contributed by atoms with Crippen LogP contribution in [0.4, 0.5) is 0 Å². The molecule has 0 saturated heterocycles. The van der Waals surface area contributed by atoms with Crippen LogP contribution in [0.3, 0.4) is 0 Å². The minimum atomic E-state index is -3.82. The molecule has 21 heavy (non-hydrogen) atoms. The molecule has 112 valence electrons. The fourth-order valence-electron chi connectivity index (χ4n) is 1.59. The Hall–Kier alpha value is -1.90. The maximum Gasteiger partial charge on any atom is 0.337 e. The minimum absolute atomic E-state index is 0.0437. The summed E-state index contributed by atoms with van der Waals surface area (Å²) in [4.78, 5) is 10.7. The highest BCUT2D eigenvalue weighted by Crippen LogP contribution is 2.21. The largest absolute Gasteiger partial charge is 0.478 e. The summed E-state index contributed by atoms with van der Waals surface area (Å²) < 4.78 is 31.3. The number of carboxylic acids is 1. The van der Waals surface area contributed by atoms with Gasteiger partial charge in [-0.05, 0) is 25.1 Å². The van der Waals surface area contributed by atoms with E-state index in [4.69, 9.17) is 21.2 Å². The third-order valence-electron chi connectivity index (χ3n) is 2.60. The number of halogens is 1. The van der Waals surface area contributed by atoms with Crippen molar-refractivity contribution in [2.45, 2.75) is 18.4 Å². The van der Waals surface area contributed by atoms with Crippen molar-refractivity contribution < 1.29 is 22.8 Å². The maximum atomic E-state index is 12.1. The second-order valence-corrected chi connectivity index (χ2v) is 6.37. The first-order valence-corrected chi connectivity index (χ1v) is 7.60. The van der Waals surface area contributed by atoms with Crippen LogP contribution in [0.2, 0.25) is 5.02 Å². The monoisotopic (exact) mass is 330 g/mol. The van der Waals surface area contributed by atoms with Gasteiger partial charge in [-0.25, -0.2) is 17.9 Å². The summed E-state index contributed by atoms with van der Waals surface area (Å²) in [6.45, 7) is 1.65. The number of carbonyl (C=O) groups is 1. The third kappa shape index (κ3) is 3.60. The van der Waals surface area contributed by atoms with Crippen LogP contribution in [0.1, 0.15) is 21.8 Å². The molecule has 0 amide bonds. The topological polar surface area (TPSA) is 110 Å². The molecule has 0 spiro atoms. The number of rotatable bonds is 5. The SMILES string of the molecule is Cc1cc(CNS(=O)(=O)c2ccc(C(=O)O)c(Cl)c2)no1. The molecule has 9 heteroatoms. The summed E-state index contributed by atoms with van der Waals surface area (Å²) >= 11 is 5.75. The van der Waals surface area contributed by atoms with Gasteiger partial charge in [0.2, 0.25) is 10.0 Å². The first-order chi connectivity index (χ1) is 9.79. The molecule has 0 bridgehead atoms. The summed E-state index contributed by atoms with van der Waals surface area (Å²) in [7, 11) is -3.82. The van der Waals surface area contributed by atoms with Crippen molar-refractivity contribution >= 4 is 27.6 Å². The van der Waals surface area contributed by atoms with E-state index >= 15 is 0 Å². The standard InChI is InChI=1S/C12H11ClN2O5S/c1-7-4-8(15-20-7)6-14-21(18,19)9-2-3-10(12(16)17)11(13)5-9/h2-5,14H,6H2,1H3,(H,16,17). The van der Waals surface area contributed by atoms with E-state index in [2.05, 4.69) is 9.88 Å². The Bertz CT molecular complexity index is 785. The third-order valence-corrected chi connectivity index (χ3v) is 4.31. The van der Waals surface area contributed by atoms with E-state index in [1.54, 1.807) is 13.0 Å². The van der Waals surface area contributed by atoms with E-state index in [0.29, 0.717) is 11.5 Å².